The lowest BCUT2D eigenvalue weighted by molar-refractivity contribution is 0.323. The van der Waals surface area contributed by atoms with Crippen molar-refractivity contribution in [2.24, 2.45) is 7.05 Å². The summed E-state index contributed by atoms with van der Waals surface area (Å²) in [5.41, 5.74) is 6.21. The van der Waals surface area contributed by atoms with Gasteiger partial charge in [0.15, 0.2) is 0 Å². The first-order valence-electron chi connectivity index (χ1n) is 6.07. The maximum absolute atomic E-state index is 11.9. The van der Waals surface area contributed by atoms with Crippen molar-refractivity contribution >= 4 is 15.7 Å². The monoisotopic (exact) mass is 295 g/mol. The summed E-state index contributed by atoms with van der Waals surface area (Å²) in [5.74, 6) is 0.651. The Bertz CT molecular complexity index is 662. The van der Waals surface area contributed by atoms with Crippen LogP contribution in [0, 0.1) is 0 Å². The first-order chi connectivity index (χ1) is 9.47. The molecule has 7 heteroatoms. The zero-order chi connectivity index (χ0) is 14.6. The number of nitrogens with zero attached hydrogens (tertiary/aromatic N) is 1. The molecule has 20 heavy (non-hydrogen) atoms. The van der Waals surface area contributed by atoms with Crippen LogP contribution in [-0.4, -0.2) is 26.1 Å². The summed E-state index contributed by atoms with van der Waals surface area (Å²) in [5, 5.41) is 0. The predicted molar refractivity (Wildman–Crippen MR) is 77.0 cm³/mol. The van der Waals surface area contributed by atoms with Gasteiger partial charge in [-0.25, -0.2) is 13.1 Å². The smallest absolute Gasteiger partial charge is 0.242 e. The highest BCUT2D eigenvalue weighted by Crippen LogP contribution is 2.13. The minimum Gasteiger partial charge on any atom is -0.492 e. The Morgan fingerprint density at radius 1 is 1.25 bits per heavy atom. The lowest BCUT2D eigenvalue weighted by Crippen LogP contribution is -2.28. The van der Waals surface area contributed by atoms with Gasteiger partial charge in [0.2, 0.25) is 10.0 Å². The summed E-state index contributed by atoms with van der Waals surface area (Å²) >= 11 is 0. The number of nitrogens with two attached hydrogens (primary N) is 1. The van der Waals surface area contributed by atoms with Gasteiger partial charge in [0.05, 0.1) is 4.90 Å². The summed E-state index contributed by atoms with van der Waals surface area (Å²) < 4.78 is 33.4. The lowest BCUT2D eigenvalue weighted by atomic mass is 10.3. The quantitative estimate of drug-likeness (QED) is 0.614. The molecule has 0 saturated heterocycles. The molecule has 1 heterocycles. The molecule has 108 valence electrons. The van der Waals surface area contributed by atoms with Crippen LogP contribution in [0.4, 0.5) is 5.69 Å². The van der Waals surface area contributed by atoms with E-state index in [9.17, 15) is 8.42 Å². The number of anilines is 1. The fraction of sp³-hybridized carbons (Fsp3) is 0.231. The molecule has 0 fully saturated rings. The molecule has 0 unspecified atom stereocenters. The lowest BCUT2D eigenvalue weighted by Gasteiger charge is -2.07. The molecule has 0 aliphatic carbocycles. The Morgan fingerprint density at radius 2 is 1.95 bits per heavy atom. The molecule has 0 radical (unpaired) electrons. The van der Waals surface area contributed by atoms with E-state index in [2.05, 4.69) is 4.72 Å². The van der Waals surface area contributed by atoms with Crippen molar-refractivity contribution in [2.45, 2.75) is 4.90 Å². The maximum atomic E-state index is 11.9. The number of hydrogen-bond donors (Lipinski definition) is 2. The fourth-order valence-corrected chi connectivity index (χ4v) is 2.69. The Balaban J connectivity index is 1.82. The molecule has 0 bridgehead atoms. The van der Waals surface area contributed by atoms with E-state index in [1.165, 1.54) is 0 Å². The predicted octanol–water partition coefficient (Wildman–Crippen LogP) is 0.965. The van der Waals surface area contributed by atoms with Gasteiger partial charge in [-0.05, 0) is 30.3 Å². The van der Waals surface area contributed by atoms with Gasteiger partial charge in [-0.3, -0.25) is 0 Å². The number of rotatable bonds is 6. The van der Waals surface area contributed by atoms with Crippen molar-refractivity contribution in [3.63, 3.8) is 0 Å². The van der Waals surface area contributed by atoms with Gasteiger partial charge in [-0.2, -0.15) is 0 Å². The minimum absolute atomic E-state index is 0.196. The average Bonchev–Trinajstić information content (AvgIpc) is 2.84. The molecule has 2 aromatic rings. The third-order valence-corrected chi connectivity index (χ3v) is 4.10. The van der Waals surface area contributed by atoms with E-state index in [-0.39, 0.29) is 18.0 Å². The van der Waals surface area contributed by atoms with Crippen molar-refractivity contribution in [1.82, 2.24) is 9.29 Å². The van der Waals surface area contributed by atoms with Crippen LogP contribution in [0.15, 0.2) is 47.6 Å². The third-order valence-electron chi connectivity index (χ3n) is 2.66. The van der Waals surface area contributed by atoms with Gasteiger partial charge in [0.25, 0.3) is 0 Å². The van der Waals surface area contributed by atoms with Crippen LogP contribution in [0.1, 0.15) is 0 Å². The molecule has 0 saturated carbocycles. The van der Waals surface area contributed by atoms with E-state index < -0.39 is 10.0 Å². The number of ether oxygens (including phenoxy) is 1. The standard InChI is InChI=1S/C13H17N3O3S/c1-16-8-6-13(10-16)20(17,18)15-7-9-19-12-4-2-11(14)3-5-12/h2-6,8,10,15H,7,9,14H2,1H3. The molecule has 2 rings (SSSR count). The number of hydrogen-bond acceptors (Lipinski definition) is 4. The van der Waals surface area contributed by atoms with Gasteiger partial charge in [0, 0.05) is 31.7 Å². The second-order valence-corrected chi connectivity index (χ2v) is 6.09. The molecule has 0 aliphatic heterocycles. The van der Waals surface area contributed by atoms with Crippen LogP contribution in [-0.2, 0) is 17.1 Å². The van der Waals surface area contributed by atoms with E-state index in [0.717, 1.165) is 0 Å². The molecule has 0 amide bonds. The van der Waals surface area contributed by atoms with Crippen LogP contribution in [0.25, 0.3) is 0 Å². The molecule has 1 aromatic carbocycles. The van der Waals surface area contributed by atoms with Gasteiger partial charge in [0.1, 0.15) is 12.4 Å². The van der Waals surface area contributed by atoms with E-state index in [4.69, 9.17) is 10.5 Å². The third kappa shape index (κ3) is 3.75. The number of nitrogens with one attached hydrogen (secondary N) is 1. The molecule has 0 spiro atoms. The number of benzene rings is 1. The zero-order valence-corrected chi connectivity index (χ0v) is 11.9. The average molecular weight is 295 g/mol. The second-order valence-electron chi connectivity index (χ2n) is 4.33. The van der Waals surface area contributed by atoms with Crippen molar-refractivity contribution in [3.05, 3.63) is 42.7 Å². The van der Waals surface area contributed by atoms with Crippen molar-refractivity contribution < 1.29 is 13.2 Å². The number of aromatic nitrogens is 1. The number of sulfonamides is 1. The first-order valence-corrected chi connectivity index (χ1v) is 7.56. The Kier molecular flexibility index (Phi) is 4.31. The van der Waals surface area contributed by atoms with E-state index in [1.54, 1.807) is 54.3 Å². The number of nitrogen functional groups attached to an aromatic ring is 1. The molecule has 6 nitrogen and oxygen atoms in total. The van der Waals surface area contributed by atoms with Crippen molar-refractivity contribution in [1.29, 1.82) is 0 Å². The maximum Gasteiger partial charge on any atom is 0.242 e. The number of aryl methyl sites for hydroxylation is 1. The van der Waals surface area contributed by atoms with Gasteiger partial charge in [-0.1, -0.05) is 0 Å². The van der Waals surface area contributed by atoms with Gasteiger partial charge < -0.3 is 15.0 Å². The fourth-order valence-electron chi connectivity index (χ4n) is 1.63. The Morgan fingerprint density at radius 3 is 2.55 bits per heavy atom. The summed E-state index contributed by atoms with van der Waals surface area (Å²) in [7, 11) is -1.70. The highest BCUT2D eigenvalue weighted by molar-refractivity contribution is 7.89. The topological polar surface area (TPSA) is 86.3 Å². The van der Waals surface area contributed by atoms with E-state index >= 15 is 0 Å². The van der Waals surface area contributed by atoms with E-state index in [0.29, 0.717) is 11.4 Å². The summed E-state index contributed by atoms with van der Waals surface area (Å²) in [6, 6.07) is 8.47. The highest BCUT2D eigenvalue weighted by Gasteiger charge is 2.14. The molecular weight excluding hydrogens is 278 g/mol. The van der Waals surface area contributed by atoms with Crippen molar-refractivity contribution in [3.8, 4) is 5.75 Å². The van der Waals surface area contributed by atoms with Crippen LogP contribution < -0.4 is 15.2 Å². The summed E-state index contributed by atoms with van der Waals surface area (Å²) in [4.78, 5) is 0.243. The molecule has 0 aliphatic rings. The van der Waals surface area contributed by atoms with Crippen LogP contribution in [0.2, 0.25) is 0 Å². The SMILES string of the molecule is Cn1ccc(S(=O)(=O)NCCOc2ccc(N)cc2)c1. The summed E-state index contributed by atoms with van der Waals surface area (Å²) in [6.45, 7) is 0.442. The van der Waals surface area contributed by atoms with Gasteiger partial charge >= 0.3 is 0 Å². The Hall–Kier alpha value is -1.99. The normalized spacial score (nSPS) is 11.4. The van der Waals surface area contributed by atoms with E-state index in [1.807, 2.05) is 0 Å². The largest absolute Gasteiger partial charge is 0.492 e. The molecular formula is C13H17N3O3S. The zero-order valence-electron chi connectivity index (χ0n) is 11.1. The highest BCUT2D eigenvalue weighted by atomic mass is 32.2. The molecule has 3 N–H and O–H groups in total. The Labute approximate surface area is 118 Å². The van der Waals surface area contributed by atoms with Crippen LogP contribution in [0.3, 0.4) is 0 Å². The molecule has 0 atom stereocenters. The van der Waals surface area contributed by atoms with Crippen LogP contribution in [0.5, 0.6) is 5.75 Å². The van der Waals surface area contributed by atoms with Crippen molar-refractivity contribution in [2.75, 3.05) is 18.9 Å². The summed E-state index contributed by atoms with van der Waals surface area (Å²) in [6.07, 6.45) is 3.22. The van der Waals surface area contributed by atoms with Crippen LogP contribution >= 0.6 is 0 Å². The molecule has 1 aromatic heterocycles. The second kappa shape index (κ2) is 5.98. The minimum atomic E-state index is -3.47. The first kappa shape index (κ1) is 14.4. The van der Waals surface area contributed by atoms with Gasteiger partial charge in [-0.15, -0.1) is 0 Å².